The van der Waals surface area contributed by atoms with E-state index in [-0.39, 0.29) is 16.2 Å². The monoisotopic (exact) mass is 378 g/mol. The van der Waals surface area contributed by atoms with Gasteiger partial charge in [0.2, 0.25) is 0 Å². The second-order valence-electron chi connectivity index (χ2n) is 7.08. The van der Waals surface area contributed by atoms with E-state index in [1.807, 2.05) is 0 Å². The van der Waals surface area contributed by atoms with Crippen LogP contribution >= 0.6 is 31.9 Å². The molecule has 4 radical (unpaired) electrons. The average Bonchev–Trinajstić information content (AvgIpc) is 2.39. The van der Waals surface area contributed by atoms with Gasteiger partial charge in [0.1, 0.15) is 15.7 Å². The minimum Gasteiger partial charge on any atom is -0.0777 e. The Labute approximate surface area is 136 Å². The fourth-order valence-electron chi connectivity index (χ4n) is 3.43. The smallest absolute Gasteiger partial charge is 0.0777 e. The van der Waals surface area contributed by atoms with Crippen LogP contribution in [-0.4, -0.2) is 15.7 Å². The zero-order valence-corrected chi connectivity index (χ0v) is 15.6. The van der Waals surface area contributed by atoms with Crippen LogP contribution in [0.25, 0.3) is 0 Å². The first-order valence-corrected chi connectivity index (χ1v) is 8.04. The summed E-state index contributed by atoms with van der Waals surface area (Å²) in [6.07, 6.45) is 0. The zero-order valence-electron chi connectivity index (χ0n) is 12.4. The molecule has 1 aliphatic rings. The first kappa shape index (κ1) is 15.7. The van der Waals surface area contributed by atoms with E-state index in [1.54, 1.807) is 0 Å². The van der Waals surface area contributed by atoms with Crippen LogP contribution in [-0.2, 0) is 10.8 Å². The summed E-state index contributed by atoms with van der Waals surface area (Å²) in [5.74, 6) is 0. The number of halogens is 2. The summed E-state index contributed by atoms with van der Waals surface area (Å²) in [5, 5.41) is 0. The topological polar surface area (TPSA) is 0 Å². The van der Waals surface area contributed by atoms with Gasteiger partial charge in [-0.1, -0.05) is 84.3 Å². The first-order valence-electron chi connectivity index (χ1n) is 6.46. The molecule has 4 heteroatoms. The van der Waals surface area contributed by atoms with Crippen molar-refractivity contribution in [3.8, 4) is 0 Å². The molecule has 2 rings (SSSR count). The summed E-state index contributed by atoms with van der Waals surface area (Å²) in [6, 6.07) is 0. The van der Waals surface area contributed by atoms with Gasteiger partial charge in [-0.15, -0.1) is 0 Å². The Morgan fingerprint density at radius 2 is 0.947 bits per heavy atom. The molecule has 0 unspecified atom stereocenters. The van der Waals surface area contributed by atoms with E-state index < -0.39 is 0 Å². The van der Waals surface area contributed by atoms with Gasteiger partial charge in [-0.05, 0) is 27.4 Å². The molecular weight excluding hydrogens is 362 g/mol. The van der Waals surface area contributed by atoms with Crippen molar-refractivity contribution in [3.63, 3.8) is 0 Å². The number of rotatable bonds is 0. The van der Waals surface area contributed by atoms with Crippen LogP contribution < -0.4 is 10.9 Å². The lowest BCUT2D eigenvalue weighted by atomic mass is 9.58. The van der Waals surface area contributed by atoms with E-state index >= 15 is 0 Å². The van der Waals surface area contributed by atoms with Gasteiger partial charge in [0.15, 0.2) is 0 Å². The highest BCUT2D eigenvalue weighted by atomic mass is 79.9. The zero-order chi connectivity index (χ0) is 15.0. The number of hydrogen-bond donors (Lipinski definition) is 0. The van der Waals surface area contributed by atoms with E-state index in [1.165, 1.54) is 11.1 Å². The molecule has 19 heavy (non-hydrogen) atoms. The Morgan fingerprint density at radius 1 is 0.684 bits per heavy atom. The van der Waals surface area contributed by atoms with Gasteiger partial charge in [0, 0.05) is 8.95 Å². The maximum Gasteiger partial charge on any atom is 0.115 e. The van der Waals surface area contributed by atoms with Crippen molar-refractivity contribution in [1.29, 1.82) is 0 Å². The van der Waals surface area contributed by atoms with Crippen LogP contribution in [0.5, 0.6) is 0 Å². The highest BCUT2D eigenvalue weighted by molar-refractivity contribution is 9.13. The molecule has 98 valence electrons. The average molecular weight is 380 g/mol. The highest BCUT2D eigenvalue weighted by Crippen LogP contribution is 2.60. The van der Waals surface area contributed by atoms with Gasteiger partial charge in [0.25, 0.3) is 0 Å². The van der Waals surface area contributed by atoms with Crippen molar-refractivity contribution in [1.82, 2.24) is 0 Å². The van der Waals surface area contributed by atoms with Crippen LogP contribution in [0.4, 0.5) is 0 Å². The molecule has 0 amide bonds. The molecule has 0 heterocycles. The van der Waals surface area contributed by atoms with Gasteiger partial charge < -0.3 is 0 Å². The number of hydrogen-bond acceptors (Lipinski definition) is 0. The molecule has 0 spiro atoms. The second kappa shape index (κ2) is 4.16. The fourth-order valence-corrected chi connectivity index (χ4v) is 4.25. The molecule has 0 nitrogen and oxygen atoms in total. The predicted molar refractivity (Wildman–Crippen MR) is 92.5 cm³/mol. The van der Waals surface area contributed by atoms with Gasteiger partial charge in [0.05, 0.1) is 0 Å². The van der Waals surface area contributed by atoms with Crippen LogP contribution in [0.1, 0.15) is 52.7 Å². The molecular formula is C15H18B2Br2. The minimum atomic E-state index is -0.0345. The van der Waals surface area contributed by atoms with Crippen molar-refractivity contribution in [3.05, 3.63) is 20.1 Å². The molecule has 1 aliphatic carbocycles. The third kappa shape index (κ3) is 1.65. The minimum absolute atomic E-state index is 0.0345. The Bertz CT molecular complexity index is 523. The molecule has 0 atom stereocenters. The molecule has 0 bridgehead atoms. The maximum absolute atomic E-state index is 6.39. The lowest BCUT2D eigenvalue weighted by Crippen LogP contribution is -2.43. The predicted octanol–water partition coefficient (Wildman–Crippen LogP) is 3.39. The van der Waals surface area contributed by atoms with Crippen LogP contribution in [0.2, 0.25) is 0 Å². The molecule has 0 saturated heterocycles. The second-order valence-corrected chi connectivity index (χ2v) is 8.67. The lowest BCUT2D eigenvalue weighted by Gasteiger charge is -2.45. The van der Waals surface area contributed by atoms with Crippen LogP contribution in [0, 0.1) is 5.41 Å². The number of fused-ring (bicyclic) bond motifs is 1. The highest BCUT2D eigenvalue weighted by Gasteiger charge is 2.57. The van der Waals surface area contributed by atoms with E-state index in [4.69, 9.17) is 15.7 Å². The van der Waals surface area contributed by atoms with E-state index in [0.29, 0.717) is 0 Å². The third-order valence-corrected chi connectivity index (χ3v) is 8.01. The maximum atomic E-state index is 6.39. The summed E-state index contributed by atoms with van der Waals surface area (Å²) >= 11 is 7.12. The van der Waals surface area contributed by atoms with Crippen molar-refractivity contribution in [2.75, 3.05) is 0 Å². The van der Waals surface area contributed by atoms with E-state index in [2.05, 4.69) is 73.4 Å². The largest absolute Gasteiger partial charge is 0.115 e. The van der Waals surface area contributed by atoms with Gasteiger partial charge in [-0.25, -0.2) is 0 Å². The standard InChI is InChI=1S/C15H18B2Br2/c1-13(2)7-8(14(3,4)15(13,5)6)10(17)12(19)11(18)9(7)16/h1-6H3. The Balaban J connectivity index is 3.02. The Hall–Kier alpha value is 0.310. The lowest BCUT2D eigenvalue weighted by molar-refractivity contribution is 0.125. The molecule has 0 aliphatic heterocycles. The summed E-state index contributed by atoms with van der Waals surface area (Å²) < 4.78 is 1.73. The SMILES string of the molecule is [B]c1c(Br)c(Br)c([B])c2c1C(C)(C)C(C)(C)C2(C)C. The first-order chi connectivity index (χ1) is 8.39. The van der Waals surface area contributed by atoms with Gasteiger partial charge in [-0.2, -0.15) is 0 Å². The Morgan fingerprint density at radius 3 is 1.21 bits per heavy atom. The summed E-state index contributed by atoms with van der Waals surface area (Å²) in [7, 11) is 12.8. The summed E-state index contributed by atoms with van der Waals surface area (Å²) in [4.78, 5) is 0. The summed E-state index contributed by atoms with van der Waals surface area (Å²) in [6.45, 7) is 13.6. The van der Waals surface area contributed by atoms with Crippen molar-refractivity contribution >= 4 is 58.5 Å². The van der Waals surface area contributed by atoms with E-state index in [0.717, 1.165) is 19.9 Å². The number of benzene rings is 1. The van der Waals surface area contributed by atoms with Crippen molar-refractivity contribution in [2.45, 2.75) is 52.4 Å². The van der Waals surface area contributed by atoms with Gasteiger partial charge >= 0.3 is 0 Å². The van der Waals surface area contributed by atoms with Crippen LogP contribution in [0.15, 0.2) is 8.95 Å². The molecule has 0 N–H and O–H groups in total. The molecule has 0 fully saturated rings. The van der Waals surface area contributed by atoms with E-state index in [9.17, 15) is 0 Å². The van der Waals surface area contributed by atoms with Crippen molar-refractivity contribution < 1.29 is 0 Å². The van der Waals surface area contributed by atoms with Crippen molar-refractivity contribution in [2.24, 2.45) is 5.41 Å². The molecule has 1 aromatic rings. The Kier molecular flexibility index (Phi) is 3.44. The molecule has 0 aromatic heterocycles. The third-order valence-electron chi connectivity index (χ3n) is 5.83. The summed E-state index contributed by atoms with van der Waals surface area (Å²) in [5.41, 5.74) is 3.98. The quantitative estimate of drug-likeness (QED) is 0.606. The molecule has 1 aromatic carbocycles. The fraction of sp³-hybridized carbons (Fsp3) is 0.600. The van der Waals surface area contributed by atoms with Gasteiger partial charge in [-0.3, -0.25) is 0 Å². The van der Waals surface area contributed by atoms with Crippen LogP contribution in [0.3, 0.4) is 0 Å². The normalized spacial score (nSPS) is 22.3. The molecule has 0 saturated carbocycles.